The van der Waals surface area contributed by atoms with Gasteiger partial charge in [-0.2, -0.15) is 8.78 Å². The first-order valence-electron chi connectivity index (χ1n) is 11.6. The van der Waals surface area contributed by atoms with E-state index in [9.17, 15) is 26.7 Å². The predicted molar refractivity (Wildman–Crippen MR) is 120 cm³/mol. The van der Waals surface area contributed by atoms with Gasteiger partial charge in [-0.25, -0.2) is 13.2 Å². The zero-order chi connectivity index (χ0) is 28.0. The highest BCUT2D eigenvalue weighted by Crippen LogP contribution is 2.29. The van der Waals surface area contributed by atoms with Crippen LogP contribution in [0.4, 0.5) is 22.0 Å². The maximum absolute atomic E-state index is 13.5. The quantitative estimate of drug-likeness (QED) is 0.0229. The Labute approximate surface area is 215 Å². The van der Waals surface area contributed by atoms with Crippen LogP contribution in [-0.2, 0) is 33.2 Å². The summed E-state index contributed by atoms with van der Waals surface area (Å²) in [6.45, 7) is 4.23. The zero-order valence-corrected chi connectivity index (χ0v) is 20.6. The molecule has 0 bridgehead atoms. The summed E-state index contributed by atoms with van der Waals surface area (Å²) in [5, 5.41) is 3.33. The highest BCUT2D eigenvalue weighted by atomic mass is 19.2. The van der Waals surface area contributed by atoms with Crippen LogP contribution in [0.1, 0.15) is 12.8 Å². The summed E-state index contributed by atoms with van der Waals surface area (Å²) in [4.78, 5) is 14.2. The molecule has 0 aliphatic carbocycles. The van der Waals surface area contributed by atoms with Gasteiger partial charge in [-0.1, -0.05) is 5.11 Å². The number of hydrogen-bond donors (Lipinski definition) is 0. The van der Waals surface area contributed by atoms with Gasteiger partial charge in [0, 0.05) is 24.5 Å². The SMILES string of the molecule is [N-]=[N+]=NCCOCCOCCOCCOCCOCCOCCCC(=O)Oc1c(F)c(F)c(F)c(F)c1F. The smallest absolute Gasteiger partial charge is 0.311 e. The predicted octanol–water partition coefficient (Wildman–Crippen LogP) is 3.48. The fraction of sp³-hybridized carbons (Fsp3) is 0.682. The third kappa shape index (κ3) is 14.4. The van der Waals surface area contributed by atoms with Crippen LogP contribution < -0.4 is 4.74 Å². The largest absolute Gasteiger partial charge is 0.420 e. The molecular formula is C22H30F5N3O8. The Kier molecular flexibility index (Phi) is 18.8. The van der Waals surface area contributed by atoms with Gasteiger partial charge < -0.3 is 33.2 Å². The summed E-state index contributed by atoms with van der Waals surface area (Å²) in [6.07, 6.45) is -0.272. The molecule has 1 aromatic rings. The molecule has 0 atom stereocenters. The van der Waals surface area contributed by atoms with Gasteiger partial charge in [0.1, 0.15) is 0 Å². The van der Waals surface area contributed by atoms with E-state index < -0.39 is 40.8 Å². The molecule has 0 amide bonds. The van der Waals surface area contributed by atoms with Crippen molar-refractivity contribution in [1.29, 1.82) is 0 Å². The number of hydrogen-bond acceptors (Lipinski definition) is 9. The number of benzene rings is 1. The van der Waals surface area contributed by atoms with E-state index in [-0.39, 0.29) is 39.2 Å². The van der Waals surface area contributed by atoms with Crippen LogP contribution >= 0.6 is 0 Å². The van der Waals surface area contributed by atoms with Crippen molar-refractivity contribution in [1.82, 2.24) is 0 Å². The molecule has 0 fully saturated rings. The minimum absolute atomic E-state index is 0.0809. The number of carbonyl (C=O) groups is 1. The van der Waals surface area contributed by atoms with Crippen molar-refractivity contribution in [3.63, 3.8) is 0 Å². The minimum Gasteiger partial charge on any atom is -0.420 e. The number of azide groups is 1. The molecule has 11 nitrogen and oxygen atoms in total. The lowest BCUT2D eigenvalue weighted by atomic mass is 10.2. The molecule has 216 valence electrons. The van der Waals surface area contributed by atoms with Crippen LogP contribution in [0.5, 0.6) is 5.75 Å². The molecule has 0 aliphatic rings. The van der Waals surface area contributed by atoms with Gasteiger partial charge in [-0.05, 0) is 12.0 Å². The van der Waals surface area contributed by atoms with Crippen molar-refractivity contribution in [2.75, 3.05) is 85.8 Å². The first kappa shape index (κ1) is 33.4. The normalized spacial score (nSPS) is 11.0. The van der Waals surface area contributed by atoms with Gasteiger partial charge in [0.2, 0.25) is 34.8 Å². The van der Waals surface area contributed by atoms with E-state index in [1.54, 1.807) is 0 Å². The number of nitrogens with zero attached hydrogens (tertiary/aromatic N) is 3. The molecule has 0 spiro atoms. The van der Waals surface area contributed by atoms with Crippen LogP contribution in [0, 0.1) is 29.1 Å². The number of ether oxygens (including phenoxy) is 7. The maximum Gasteiger partial charge on any atom is 0.311 e. The van der Waals surface area contributed by atoms with Gasteiger partial charge in [0.25, 0.3) is 0 Å². The standard InChI is InChI=1S/C22H30F5N3O8/c23-17-18(24)20(26)22(21(27)19(17)25)38-16(31)2-1-4-32-6-8-34-10-12-36-14-15-37-13-11-35-9-7-33-5-3-29-30-28/h1-15H2. The van der Waals surface area contributed by atoms with E-state index in [0.29, 0.717) is 59.5 Å². The second kappa shape index (κ2) is 21.4. The molecule has 1 rings (SSSR count). The third-order valence-corrected chi connectivity index (χ3v) is 4.31. The summed E-state index contributed by atoms with van der Waals surface area (Å²) in [7, 11) is 0. The van der Waals surface area contributed by atoms with Gasteiger partial charge in [0.15, 0.2) is 0 Å². The molecule has 0 aliphatic heterocycles. The molecule has 0 aromatic heterocycles. The Morgan fingerprint density at radius 1 is 0.605 bits per heavy atom. The van der Waals surface area contributed by atoms with Crippen LogP contribution in [0.2, 0.25) is 0 Å². The van der Waals surface area contributed by atoms with Crippen molar-refractivity contribution in [3.8, 4) is 5.75 Å². The number of rotatable bonds is 23. The molecular weight excluding hydrogens is 529 g/mol. The number of esters is 1. The zero-order valence-electron chi connectivity index (χ0n) is 20.6. The lowest BCUT2D eigenvalue weighted by Crippen LogP contribution is -2.15. The second-order valence-corrected chi connectivity index (χ2v) is 7.11. The van der Waals surface area contributed by atoms with Crippen molar-refractivity contribution in [2.24, 2.45) is 5.11 Å². The Morgan fingerprint density at radius 2 is 0.974 bits per heavy atom. The Morgan fingerprint density at radius 3 is 1.39 bits per heavy atom. The molecule has 0 heterocycles. The topological polar surface area (TPSA) is 130 Å². The number of carbonyl (C=O) groups excluding carboxylic acids is 1. The molecule has 0 N–H and O–H groups in total. The van der Waals surface area contributed by atoms with Gasteiger partial charge in [-0.15, -0.1) is 0 Å². The fourth-order valence-electron chi connectivity index (χ4n) is 2.51. The van der Waals surface area contributed by atoms with Crippen molar-refractivity contribution in [3.05, 3.63) is 39.5 Å². The third-order valence-electron chi connectivity index (χ3n) is 4.31. The molecule has 16 heteroatoms. The van der Waals surface area contributed by atoms with E-state index >= 15 is 0 Å². The summed E-state index contributed by atoms with van der Waals surface area (Å²) >= 11 is 0. The average Bonchev–Trinajstić information content (AvgIpc) is 2.91. The van der Waals surface area contributed by atoms with Crippen molar-refractivity contribution in [2.45, 2.75) is 12.8 Å². The highest BCUT2D eigenvalue weighted by molar-refractivity contribution is 5.72. The number of halogens is 5. The summed E-state index contributed by atoms with van der Waals surface area (Å²) in [5.74, 6) is -14.0. The Bertz CT molecular complexity index is 849. The second-order valence-electron chi connectivity index (χ2n) is 7.11. The molecule has 0 saturated heterocycles. The van der Waals surface area contributed by atoms with Crippen molar-refractivity contribution >= 4 is 5.97 Å². The van der Waals surface area contributed by atoms with Crippen LogP contribution in [0.15, 0.2) is 5.11 Å². The van der Waals surface area contributed by atoms with E-state index in [1.807, 2.05) is 0 Å². The fourth-order valence-corrected chi connectivity index (χ4v) is 2.51. The maximum atomic E-state index is 13.5. The van der Waals surface area contributed by atoms with Gasteiger partial charge in [-0.3, -0.25) is 4.79 Å². The molecule has 0 unspecified atom stereocenters. The first-order valence-corrected chi connectivity index (χ1v) is 11.6. The van der Waals surface area contributed by atoms with Crippen LogP contribution in [0.3, 0.4) is 0 Å². The molecule has 0 saturated carbocycles. The van der Waals surface area contributed by atoms with Crippen LogP contribution in [-0.4, -0.2) is 91.8 Å². The van der Waals surface area contributed by atoms with E-state index in [2.05, 4.69) is 14.8 Å². The average molecular weight is 559 g/mol. The van der Waals surface area contributed by atoms with Crippen LogP contribution in [0.25, 0.3) is 10.4 Å². The van der Waals surface area contributed by atoms with E-state index in [4.69, 9.17) is 34.0 Å². The lowest BCUT2D eigenvalue weighted by molar-refractivity contribution is -0.135. The Hall–Kier alpha value is -2.59. The van der Waals surface area contributed by atoms with Gasteiger partial charge >= 0.3 is 5.97 Å². The summed E-state index contributed by atoms with van der Waals surface area (Å²) < 4.78 is 102. The molecule has 1 aromatic carbocycles. The first-order chi connectivity index (χ1) is 18.4. The Balaban J connectivity index is 1.89. The van der Waals surface area contributed by atoms with E-state index in [0.717, 1.165) is 0 Å². The lowest BCUT2D eigenvalue weighted by Gasteiger charge is -2.09. The molecule has 38 heavy (non-hydrogen) atoms. The summed E-state index contributed by atoms with van der Waals surface area (Å²) in [6, 6.07) is 0. The minimum atomic E-state index is -2.34. The highest BCUT2D eigenvalue weighted by Gasteiger charge is 2.28. The molecule has 0 radical (unpaired) electrons. The van der Waals surface area contributed by atoms with Crippen molar-refractivity contribution < 1.29 is 59.9 Å². The monoisotopic (exact) mass is 559 g/mol. The summed E-state index contributed by atoms with van der Waals surface area (Å²) in [5.41, 5.74) is 8.09. The van der Waals surface area contributed by atoms with E-state index in [1.165, 1.54) is 0 Å². The van der Waals surface area contributed by atoms with Gasteiger partial charge in [0.05, 0.1) is 72.7 Å².